The van der Waals surface area contributed by atoms with Crippen molar-refractivity contribution in [3.63, 3.8) is 0 Å². The number of nitrogens with one attached hydrogen (secondary N) is 1. The normalized spacial score (nSPS) is 10.1. The van der Waals surface area contributed by atoms with Crippen molar-refractivity contribution in [1.82, 2.24) is 5.32 Å². The summed E-state index contributed by atoms with van der Waals surface area (Å²) in [7, 11) is 1.27. The molecule has 0 aromatic heterocycles. The number of hydrogen-bond acceptors (Lipinski definition) is 6. The molecule has 7 nitrogen and oxygen atoms in total. The molecule has 20 heavy (non-hydrogen) atoms. The van der Waals surface area contributed by atoms with Crippen molar-refractivity contribution >= 4 is 11.7 Å². The van der Waals surface area contributed by atoms with Crippen LogP contribution in [0.1, 0.15) is 18.9 Å². The zero-order valence-corrected chi connectivity index (χ0v) is 11.5. The van der Waals surface area contributed by atoms with Crippen LogP contribution in [0.2, 0.25) is 0 Å². The molecule has 1 aromatic carbocycles. The molecule has 0 saturated carbocycles. The molecule has 0 aliphatic rings. The lowest BCUT2D eigenvalue weighted by atomic mass is 10.1. The van der Waals surface area contributed by atoms with Gasteiger partial charge in [0.2, 0.25) is 0 Å². The maximum atomic E-state index is 11.1. The second-order valence-electron chi connectivity index (χ2n) is 4.09. The van der Waals surface area contributed by atoms with Crippen LogP contribution in [-0.4, -0.2) is 31.2 Å². The predicted molar refractivity (Wildman–Crippen MR) is 72.6 cm³/mol. The average Bonchev–Trinajstić information content (AvgIpc) is 2.45. The van der Waals surface area contributed by atoms with E-state index >= 15 is 0 Å². The van der Waals surface area contributed by atoms with Crippen LogP contribution < -0.4 is 10.1 Å². The van der Waals surface area contributed by atoms with Crippen LogP contribution in [0.25, 0.3) is 0 Å². The maximum absolute atomic E-state index is 11.1. The van der Waals surface area contributed by atoms with Crippen LogP contribution >= 0.6 is 0 Å². The van der Waals surface area contributed by atoms with Crippen LogP contribution in [0.4, 0.5) is 5.69 Å². The molecule has 0 unspecified atom stereocenters. The molecule has 1 aromatic rings. The highest BCUT2D eigenvalue weighted by Crippen LogP contribution is 2.24. The van der Waals surface area contributed by atoms with Crippen molar-refractivity contribution in [3.8, 4) is 5.75 Å². The number of hydrogen-bond donors (Lipinski definition) is 1. The van der Waals surface area contributed by atoms with Gasteiger partial charge in [-0.3, -0.25) is 10.1 Å². The number of esters is 1. The Labute approximate surface area is 117 Å². The van der Waals surface area contributed by atoms with Crippen molar-refractivity contribution in [2.24, 2.45) is 0 Å². The average molecular weight is 282 g/mol. The highest BCUT2D eigenvalue weighted by atomic mass is 16.6. The third-order valence-electron chi connectivity index (χ3n) is 2.57. The fourth-order valence-electron chi connectivity index (χ4n) is 1.55. The van der Waals surface area contributed by atoms with Crippen molar-refractivity contribution in [2.45, 2.75) is 19.9 Å². The first-order valence-corrected chi connectivity index (χ1v) is 6.26. The Morgan fingerprint density at radius 1 is 1.45 bits per heavy atom. The van der Waals surface area contributed by atoms with E-state index in [0.29, 0.717) is 17.9 Å². The lowest BCUT2D eigenvalue weighted by molar-refractivity contribution is -0.384. The maximum Gasteiger partial charge on any atom is 0.343 e. The third kappa shape index (κ3) is 4.85. The number of non-ortho nitro benzene ring substituents is 1. The number of carbonyl (C=O) groups excluding carboxylic acids is 1. The standard InChI is InChI=1S/C13H18N2O5/c1-3-6-14-8-10-7-11(15(17)18)4-5-12(10)20-9-13(16)19-2/h4-5,7,14H,3,6,8-9H2,1-2H3. The van der Waals surface area contributed by atoms with Crippen molar-refractivity contribution < 1.29 is 19.2 Å². The van der Waals surface area contributed by atoms with E-state index in [1.165, 1.54) is 25.3 Å². The Hall–Kier alpha value is -2.15. The number of rotatable bonds is 8. The van der Waals surface area contributed by atoms with E-state index < -0.39 is 10.9 Å². The fourth-order valence-corrected chi connectivity index (χ4v) is 1.55. The zero-order valence-electron chi connectivity index (χ0n) is 11.5. The van der Waals surface area contributed by atoms with Gasteiger partial charge in [-0.1, -0.05) is 6.92 Å². The van der Waals surface area contributed by atoms with E-state index in [9.17, 15) is 14.9 Å². The number of nitro groups is 1. The van der Waals surface area contributed by atoms with Gasteiger partial charge in [-0.25, -0.2) is 4.79 Å². The molecule has 0 aliphatic carbocycles. The summed E-state index contributed by atoms with van der Waals surface area (Å²) in [6.07, 6.45) is 0.952. The summed E-state index contributed by atoms with van der Waals surface area (Å²) in [5.74, 6) is -0.0691. The lowest BCUT2D eigenvalue weighted by Crippen LogP contribution is -2.17. The van der Waals surface area contributed by atoms with E-state index in [2.05, 4.69) is 10.1 Å². The van der Waals surface area contributed by atoms with Gasteiger partial charge in [0, 0.05) is 24.2 Å². The van der Waals surface area contributed by atoms with Gasteiger partial charge in [0.05, 0.1) is 12.0 Å². The van der Waals surface area contributed by atoms with Gasteiger partial charge in [0.1, 0.15) is 5.75 Å². The molecule has 0 atom stereocenters. The molecule has 1 N–H and O–H groups in total. The van der Waals surface area contributed by atoms with Crippen LogP contribution in [0, 0.1) is 10.1 Å². The van der Waals surface area contributed by atoms with Crippen LogP contribution in [0.3, 0.4) is 0 Å². The first kappa shape index (κ1) is 15.9. The summed E-state index contributed by atoms with van der Waals surface area (Å²) in [5, 5.41) is 13.9. The molecule has 0 spiro atoms. The Kier molecular flexibility index (Phi) is 6.45. The SMILES string of the molecule is CCCNCc1cc([N+](=O)[O-])ccc1OCC(=O)OC. The molecular weight excluding hydrogens is 264 g/mol. The van der Waals surface area contributed by atoms with E-state index in [0.717, 1.165) is 13.0 Å². The summed E-state index contributed by atoms with van der Waals surface area (Å²) in [6.45, 7) is 3.02. The molecule has 0 saturated heterocycles. The highest BCUT2D eigenvalue weighted by Gasteiger charge is 2.12. The largest absolute Gasteiger partial charge is 0.482 e. The number of ether oxygens (including phenoxy) is 2. The minimum absolute atomic E-state index is 0.0104. The first-order chi connectivity index (χ1) is 9.58. The molecule has 0 amide bonds. The van der Waals surface area contributed by atoms with E-state index in [1.807, 2.05) is 6.92 Å². The third-order valence-corrected chi connectivity index (χ3v) is 2.57. The minimum atomic E-state index is -0.504. The number of methoxy groups -OCH3 is 1. The van der Waals surface area contributed by atoms with Gasteiger partial charge in [-0.15, -0.1) is 0 Å². The highest BCUT2D eigenvalue weighted by molar-refractivity contribution is 5.71. The van der Waals surface area contributed by atoms with Gasteiger partial charge >= 0.3 is 5.97 Å². The second kappa shape index (κ2) is 8.11. The van der Waals surface area contributed by atoms with Gasteiger partial charge in [0.25, 0.3) is 5.69 Å². The van der Waals surface area contributed by atoms with Crippen LogP contribution in [0.5, 0.6) is 5.75 Å². The van der Waals surface area contributed by atoms with Gasteiger partial charge in [-0.2, -0.15) is 0 Å². The van der Waals surface area contributed by atoms with E-state index in [1.54, 1.807) is 0 Å². The topological polar surface area (TPSA) is 90.7 Å². The smallest absolute Gasteiger partial charge is 0.343 e. The van der Waals surface area contributed by atoms with Crippen LogP contribution in [0.15, 0.2) is 18.2 Å². The number of nitro benzene ring substituents is 1. The summed E-state index contributed by atoms with van der Waals surface area (Å²) in [4.78, 5) is 21.4. The summed E-state index contributed by atoms with van der Waals surface area (Å²) in [5.41, 5.74) is 0.625. The molecule has 0 heterocycles. The fraction of sp³-hybridized carbons (Fsp3) is 0.462. The first-order valence-electron chi connectivity index (χ1n) is 6.26. The predicted octanol–water partition coefficient (Wildman–Crippen LogP) is 1.65. The Morgan fingerprint density at radius 3 is 2.80 bits per heavy atom. The summed E-state index contributed by atoms with van der Waals surface area (Å²) >= 11 is 0. The molecule has 0 fully saturated rings. The monoisotopic (exact) mass is 282 g/mol. The quantitative estimate of drug-likeness (QED) is 0.337. The van der Waals surface area contributed by atoms with E-state index in [4.69, 9.17) is 4.74 Å². The van der Waals surface area contributed by atoms with E-state index in [-0.39, 0.29) is 12.3 Å². The molecule has 110 valence electrons. The second-order valence-corrected chi connectivity index (χ2v) is 4.09. The van der Waals surface area contributed by atoms with Crippen molar-refractivity contribution in [1.29, 1.82) is 0 Å². The Bertz CT molecular complexity index is 476. The van der Waals surface area contributed by atoms with Gasteiger partial charge in [0.15, 0.2) is 6.61 Å². The van der Waals surface area contributed by atoms with Gasteiger partial charge in [-0.05, 0) is 19.0 Å². The molecule has 0 aliphatic heterocycles. The molecule has 7 heteroatoms. The van der Waals surface area contributed by atoms with Crippen LogP contribution in [-0.2, 0) is 16.1 Å². The van der Waals surface area contributed by atoms with Crippen molar-refractivity contribution in [3.05, 3.63) is 33.9 Å². The van der Waals surface area contributed by atoms with Crippen molar-refractivity contribution in [2.75, 3.05) is 20.3 Å². The Morgan fingerprint density at radius 2 is 2.20 bits per heavy atom. The summed E-state index contributed by atoms with van der Waals surface area (Å²) in [6, 6.07) is 4.27. The molecular formula is C13H18N2O5. The molecule has 1 rings (SSSR count). The van der Waals surface area contributed by atoms with Gasteiger partial charge < -0.3 is 14.8 Å². The summed E-state index contributed by atoms with van der Waals surface area (Å²) < 4.78 is 9.80. The molecule has 0 bridgehead atoms. The lowest BCUT2D eigenvalue weighted by Gasteiger charge is -2.11. The minimum Gasteiger partial charge on any atom is -0.482 e. The number of benzene rings is 1. The number of carbonyl (C=O) groups is 1. The Balaban J connectivity index is 2.84. The zero-order chi connectivity index (χ0) is 15.0. The number of nitrogens with zero attached hydrogens (tertiary/aromatic N) is 1. The molecule has 0 radical (unpaired) electrons.